The van der Waals surface area contributed by atoms with E-state index in [1.165, 1.54) is 24.1 Å². The predicted octanol–water partition coefficient (Wildman–Crippen LogP) is 1.52. The normalized spacial score (nSPS) is 21.0. The highest BCUT2D eigenvalue weighted by Crippen LogP contribution is 2.22. The van der Waals surface area contributed by atoms with Gasteiger partial charge in [0.1, 0.15) is 5.56 Å². The number of hydrogen-bond donors (Lipinski definition) is 1. The van der Waals surface area contributed by atoms with Crippen LogP contribution in [0.5, 0.6) is 0 Å². The maximum Gasteiger partial charge on any atom is 0.256 e. The molecule has 2 aliphatic rings. The Morgan fingerprint density at radius 1 is 1.32 bits per heavy atom. The molecule has 2 aromatic rings. The number of hydrogen-bond acceptors (Lipinski definition) is 4. The minimum Gasteiger partial charge on any atom is -0.376 e. The van der Waals surface area contributed by atoms with Crippen molar-refractivity contribution in [3.05, 3.63) is 29.2 Å². The number of carbonyl (C=O) groups excluding carboxylic acids is 1. The number of aromatic nitrogens is 3. The van der Waals surface area contributed by atoms with Gasteiger partial charge in [-0.05, 0) is 44.1 Å². The van der Waals surface area contributed by atoms with E-state index in [-0.39, 0.29) is 12.0 Å². The van der Waals surface area contributed by atoms with E-state index in [4.69, 9.17) is 4.74 Å². The summed E-state index contributed by atoms with van der Waals surface area (Å²) in [5.41, 5.74) is 3.67. The number of amides is 1. The van der Waals surface area contributed by atoms with Crippen LogP contribution in [0.4, 0.5) is 0 Å². The lowest BCUT2D eigenvalue weighted by Gasteiger charge is -2.16. The van der Waals surface area contributed by atoms with Crippen molar-refractivity contribution >= 4 is 11.6 Å². The zero-order chi connectivity index (χ0) is 14.9. The van der Waals surface area contributed by atoms with E-state index in [1.807, 2.05) is 10.7 Å². The first kappa shape index (κ1) is 13.7. The molecule has 0 aromatic carbocycles. The SMILES string of the molecule is O=C(NC[C@H]1CCCO1)c1cnn2c3c(cnc12)CCCC3. The molecule has 1 amide bonds. The lowest BCUT2D eigenvalue weighted by molar-refractivity contribution is 0.0859. The van der Waals surface area contributed by atoms with Crippen LogP contribution in [0.15, 0.2) is 12.4 Å². The topological polar surface area (TPSA) is 68.5 Å². The summed E-state index contributed by atoms with van der Waals surface area (Å²) in [5.74, 6) is -0.117. The number of aryl methyl sites for hydroxylation is 2. The molecule has 1 fully saturated rings. The maximum absolute atomic E-state index is 12.4. The summed E-state index contributed by atoms with van der Waals surface area (Å²) in [6.45, 7) is 1.35. The Morgan fingerprint density at radius 3 is 3.09 bits per heavy atom. The fourth-order valence-electron chi connectivity index (χ4n) is 3.36. The standard InChI is InChI=1S/C16H20N4O2/c21-16(18-9-12-5-3-7-22-12)13-10-19-20-14-6-2-1-4-11(14)8-17-15(13)20/h8,10,12H,1-7,9H2,(H,18,21)/t12-/m1/s1. The van der Waals surface area contributed by atoms with Crippen LogP contribution in [0.2, 0.25) is 0 Å². The Hall–Kier alpha value is -1.95. The molecule has 1 aliphatic carbocycles. The second kappa shape index (κ2) is 5.68. The number of nitrogens with one attached hydrogen (secondary N) is 1. The molecule has 116 valence electrons. The minimum absolute atomic E-state index is 0.117. The van der Waals surface area contributed by atoms with Gasteiger partial charge in [-0.25, -0.2) is 9.50 Å². The van der Waals surface area contributed by atoms with Crippen LogP contribution in [0, 0.1) is 0 Å². The molecule has 4 rings (SSSR count). The molecule has 1 atom stereocenters. The van der Waals surface area contributed by atoms with Crippen molar-refractivity contribution < 1.29 is 9.53 Å². The molecular weight excluding hydrogens is 280 g/mol. The smallest absolute Gasteiger partial charge is 0.256 e. The van der Waals surface area contributed by atoms with E-state index in [0.29, 0.717) is 17.8 Å². The van der Waals surface area contributed by atoms with Crippen molar-refractivity contribution in [2.75, 3.05) is 13.2 Å². The molecule has 0 radical (unpaired) electrons. The summed E-state index contributed by atoms with van der Waals surface area (Å²) in [4.78, 5) is 16.8. The largest absolute Gasteiger partial charge is 0.376 e. The van der Waals surface area contributed by atoms with Crippen molar-refractivity contribution in [3.63, 3.8) is 0 Å². The maximum atomic E-state index is 12.4. The molecule has 6 nitrogen and oxygen atoms in total. The average molecular weight is 300 g/mol. The first-order valence-corrected chi connectivity index (χ1v) is 8.07. The van der Waals surface area contributed by atoms with Gasteiger partial charge in [0.15, 0.2) is 5.65 Å². The minimum atomic E-state index is -0.117. The van der Waals surface area contributed by atoms with E-state index in [1.54, 1.807) is 6.20 Å². The molecule has 3 heterocycles. The monoisotopic (exact) mass is 300 g/mol. The molecule has 6 heteroatoms. The summed E-state index contributed by atoms with van der Waals surface area (Å²) >= 11 is 0. The van der Waals surface area contributed by atoms with E-state index in [0.717, 1.165) is 32.3 Å². The van der Waals surface area contributed by atoms with Gasteiger partial charge in [-0.15, -0.1) is 0 Å². The number of rotatable bonds is 3. The molecule has 2 aromatic heterocycles. The van der Waals surface area contributed by atoms with Gasteiger partial charge >= 0.3 is 0 Å². The molecule has 1 aliphatic heterocycles. The van der Waals surface area contributed by atoms with Crippen LogP contribution in [0.25, 0.3) is 5.65 Å². The van der Waals surface area contributed by atoms with Crippen molar-refractivity contribution in [3.8, 4) is 0 Å². The Kier molecular flexibility index (Phi) is 3.54. The second-order valence-electron chi connectivity index (χ2n) is 6.08. The van der Waals surface area contributed by atoms with Gasteiger partial charge in [0.2, 0.25) is 0 Å². The number of ether oxygens (including phenoxy) is 1. The zero-order valence-electron chi connectivity index (χ0n) is 12.5. The van der Waals surface area contributed by atoms with Crippen LogP contribution >= 0.6 is 0 Å². The number of nitrogens with zero attached hydrogens (tertiary/aromatic N) is 3. The van der Waals surface area contributed by atoms with Crippen molar-refractivity contribution in [1.82, 2.24) is 19.9 Å². The molecule has 0 saturated carbocycles. The van der Waals surface area contributed by atoms with Crippen LogP contribution < -0.4 is 5.32 Å². The highest BCUT2D eigenvalue weighted by atomic mass is 16.5. The zero-order valence-corrected chi connectivity index (χ0v) is 12.5. The summed E-state index contributed by atoms with van der Waals surface area (Å²) in [5, 5.41) is 7.34. The third kappa shape index (κ3) is 2.37. The highest BCUT2D eigenvalue weighted by molar-refractivity contribution is 5.99. The van der Waals surface area contributed by atoms with E-state index >= 15 is 0 Å². The lowest BCUT2D eigenvalue weighted by Crippen LogP contribution is -2.31. The molecule has 0 unspecified atom stereocenters. The number of fused-ring (bicyclic) bond motifs is 3. The van der Waals surface area contributed by atoms with Gasteiger partial charge in [0, 0.05) is 25.0 Å². The van der Waals surface area contributed by atoms with Gasteiger partial charge < -0.3 is 10.1 Å². The lowest BCUT2D eigenvalue weighted by atomic mass is 9.97. The van der Waals surface area contributed by atoms with Gasteiger partial charge in [0.05, 0.1) is 12.3 Å². The van der Waals surface area contributed by atoms with Crippen molar-refractivity contribution in [2.45, 2.75) is 44.6 Å². The van der Waals surface area contributed by atoms with Crippen LogP contribution in [0.1, 0.15) is 47.3 Å². The number of carbonyl (C=O) groups is 1. The molecule has 1 N–H and O–H groups in total. The van der Waals surface area contributed by atoms with Gasteiger partial charge in [-0.1, -0.05) is 0 Å². The quantitative estimate of drug-likeness (QED) is 0.933. The van der Waals surface area contributed by atoms with Gasteiger partial charge in [0.25, 0.3) is 5.91 Å². The molecule has 0 bridgehead atoms. The van der Waals surface area contributed by atoms with Crippen LogP contribution in [0.3, 0.4) is 0 Å². The molecular formula is C16H20N4O2. The molecule has 22 heavy (non-hydrogen) atoms. The van der Waals surface area contributed by atoms with E-state index in [2.05, 4.69) is 15.4 Å². The Labute approximate surface area is 128 Å². The van der Waals surface area contributed by atoms with E-state index < -0.39 is 0 Å². The van der Waals surface area contributed by atoms with Crippen molar-refractivity contribution in [2.24, 2.45) is 0 Å². The Morgan fingerprint density at radius 2 is 2.23 bits per heavy atom. The van der Waals surface area contributed by atoms with Crippen molar-refractivity contribution in [1.29, 1.82) is 0 Å². The summed E-state index contributed by atoms with van der Waals surface area (Å²) in [6, 6.07) is 0. The van der Waals surface area contributed by atoms with Gasteiger partial charge in [-0.2, -0.15) is 5.10 Å². The second-order valence-corrected chi connectivity index (χ2v) is 6.08. The highest BCUT2D eigenvalue weighted by Gasteiger charge is 2.21. The average Bonchev–Trinajstić information content (AvgIpc) is 3.22. The van der Waals surface area contributed by atoms with Gasteiger partial charge in [-0.3, -0.25) is 4.79 Å². The molecule has 0 spiro atoms. The third-order valence-corrected chi connectivity index (χ3v) is 4.58. The first-order chi connectivity index (χ1) is 10.8. The van der Waals surface area contributed by atoms with E-state index in [9.17, 15) is 4.79 Å². The summed E-state index contributed by atoms with van der Waals surface area (Å²) in [6.07, 6.45) is 10.2. The predicted molar refractivity (Wildman–Crippen MR) is 80.9 cm³/mol. The van der Waals surface area contributed by atoms with Crippen LogP contribution in [-0.4, -0.2) is 39.8 Å². The third-order valence-electron chi connectivity index (χ3n) is 4.58. The summed E-state index contributed by atoms with van der Waals surface area (Å²) < 4.78 is 7.37. The summed E-state index contributed by atoms with van der Waals surface area (Å²) in [7, 11) is 0. The van der Waals surface area contributed by atoms with Crippen LogP contribution in [-0.2, 0) is 17.6 Å². The Bertz CT molecular complexity index is 703. The molecule has 1 saturated heterocycles. The fourth-order valence-corrected chi connectivity index (χ4v) is 3.36. The fraction of sp³-hybridized carbons (Fsp3) is 0.562. The first-order valence-electron chi connectivity index (χ1n) is 8.07. The Balaban J connectivity index is 1.57.